The van der Waals surface area contributed by atoms with Crippen molar-refractivity contribution >= 4 is 11.4 Å². The maximum Gasteiger partial charge on any atom is 0.292 e. The highest BCUT2D eigenvalue weighted by Crippen LogP contribution is 2.25. The molecular formula is C14H23N3O3. The Labute approximate surface area is 119 Å². The number of nitro groups is 1. The van der Waals surface area contributed by atoms with Crippen LogP contribution in [0.5, 0.6) is 0 Å². The summed E-state index contributed by atoms with van der Waals surface area (Å²) in [5.74, 6) is 0. The summed E-state index contributed by atoms with van der Waals surface area (Å²) in [6, 6.07) is 5.18. The van der Waals surface area contributed by atoms with Crippen molar-refractivity contribution in [1.29, 1.82) is 0 Å². The smallest absolute Gasteiger partial charge is 0.292 e. The molecule has 0 atom stereocenters. The number of aliphatic hydroxyl groups excluding tert-OH is 1. The van der Waals surface area contributed by atoms with Gasteiger partial charge < -0.3 is 10.4 Å². The molecule has 0 aliphatic rings. The Hall–Kier alpha value is -1.66. The van der Waals surface area contributed by atoms with E-state index in [1.54, 1.807) is 12.1 Å². The summed E-state index contributed by atoms with van der Waals surface area (Å²) < 4.78 is 0. The molecule has 0 bridgehead atoms. The highest BCUT2D eigenvalue weighted by molar-refractivity contribution is 5.62. The van der Waals surface area contributed by atoms with Gasteiger partial charge in [0.15, 0.2) is 0 Å². The second kappa shape index (κ2) is 8.50. The van der Waals surface area contributed by atoms with E-state index in [2.05, 4.69) is 17.1 Å². The van der Waals surface area contributed by atoms with Gasteiger partial charge in [0.25, 0.3) is 5.69 Å². The van der Waals surface area contributed by atoms with Crippen LogP contribution in [0.1, 0.15) is 25.8 Å². The molecular weight excluding hydrogens is 258 g/mol. The minimum atomic E-state index is -0.370. The fourth-order valence-corrected chi connectivity index (χ4v) is 2.07. The van der Waals surface area contributed by atoms with Gasteiger partial charge in [-0.05, 0) is 31.5 Å². The van der Waals surface area contributed by atoms with E-state index in [9.17, 15) is 10.1 Å². The van der Waals surface area contributed by atoms with Crippen molar-refractivity contribution in [3.05, 3.63) is 33.9 Å². The van der Waals surface area contributed by atoms with Gasteiger partial charge in [0.1, 0.15) is 5.69 Å². The topological polar surface area (TPSA) is 78.6 Å². The Kier molecular flexibility index (Phi) is 6.97. The maximum absolute atomic E-state index is 11.0. The van der Waals surface area contributed by atoms with E-state index in [0.29, 0.717) is 12.2 Å². The van der Waals surface area contributed by atoms with E-state index in [-0.39, 0.29) is 17.2 Å². The molecule has 0 fully saturated rings. The van der Waals surface area contributed by atoms with Gasteiger partial charge in [-0.25, -0.2) is 0 Å². The molecule has 1 rings (SSSR count). The molecule has 6 heteroatoms. The third kappa shape index (κ3) is 4.79. The van der Waals surface area contributed by atoms with Crippen LogP contribution in [0.4, 0.5) is 11.4 Å². The Morgan fingerprint density at radius 2 is 2.15 bits per heavy atom. The number of hydrogen-bond donors (Lipinski definition) is 2. The van der Waals surface area contributed by atoms with Gasteiger partial charge in [-0.15, -0.1) is 0 Å². The maximum atomic E-state index is 11.0. The predicted octanol–water partition coefficient (Wildman–Crippen LogP) is 2.23. The first-order valence-electron chi connectivity index (χ1n) is 6.96. The van der Waals surface area contributed by atoms with Crippen molar-refractivity contribution in [2.45, 2.75) is 26.8 Å². The quantitative estimate of drug-likeness (QED) is 0.536. The molecule has 0 saturated heterocycles. The summed E-state index contributed by atoms with van der Waals surface area (Å²) in [6.07, 6.45) is 0.737. The SMILES string of the molecule is CCNc1cc(CN(CC)CCCO)ccc1[N+](=O)[O-]. The van der Waals surface area contributed by atoms with Gasteiger partial charge >= 0.3 is 0 Å². The average molecular weight is 281 g/mol. The molecule has 112 valence electrons. The standard InChI is InChI=1S/C14H23N3O3/c1-3-15-13-10-12(6-7-14(13)17(19)20)11-16(4-2)8-5-9-18/h6-7,10,15,18H,3-5,8-9,11H2,1-2H3. The zero-order valence-corrected chi connectivity index (χ0v) is 12.1. The Morgan fingerprint density at radius 3 is 2.70 bits per heavy atom. The number of nitrogens with one attached hydrogen (secondary N) is 1. The van der Waals surface area contributed by atoms with Gasteiger partial charge in [-0.1, -0.05) is 13.0 Å². The van der Waals surface area contributed by atoms with Gasteiger partial charge in [0.05, 0.1) is 4.92 Å². The Balaban J connectivity index is 2.84. The van der Waals surface area contributed by atoms with Crippen molar-refractivity contribution in [1.82, 2.24) is 4.90 Å². The molecule has 0 heterocycles. The van der Waals surface area contributed by atoms with E-state index < -0.39 is 0 Å². The molecule has 20 heavy (non-hydrogen) atoms. The van der Waals surface area contributed by atoms with E-state index >= 15 is 0 Å². The van der Waals surface area contributed by atoms with Gasteiger partial charge in [-0.2, -0.15) is 0 Å². The Morgan fingerprint density at radius 1 is 1.40 bits per heavy atom. The minimum absolute atomic E-state index is 0.106. The summed E-state index contributed by atoms with van der Waals surface area (Å²) in [5, 5.41) is 22.9. The molecule has 1 aromatic rings. The highest BCUT2D eigenvalue weighted by Gasteiger charge is 2.14. The lowest BCUT2D eigenvalue weighted by atomic mass is 10.1. The van der Waals surface area contributed by atoms with Crippen LogP contribution < -0.4 is 5.32 Å². The monoisotopic (exact) mass is 281 g/mol. The third-order valence-corrected chi connectivity index (χ3v) is 3.11. The summed E-state index contributed by atoms with van der Waals surface area (Å²) in [6.45, 7) is 7.23. The van der Waals surface area contributed by atoms with E-state index in [4.69, 9.17) is 5.11 Å². The van der Waals surface area contributed by atoms with Crippen LogP contribution in [-0.4, -0.2) is 41.2 Å². The number of rotatable bonds is 9. The van der Waals surface area contributed by atoms with Crippen LogP contribution in [0.15, 0.2) is 18.2 Å². The molecule has 0 spiro atoms. The summed E-state index contributed by atoms with van der Waals surface area (Å²) in [4.78, 5) is 12.8. The summed E-state index contributed by atoms with van der Waals surface area (Å²) in [5.41, 5.74) is 1.70. The number of nitro benzene ring substituents is 1. The van der Waals surface area contributed by atoms with Crippen LogP contribution in [0.2, 0.25) is 0 Å². The lowest BCUT2D eigenvalue weighted by Gasteiger charge is -2.20. The molecule has 2 N–H and O–H groups in total. The van der Waals surface area contributed by atoms with Crippen LogP contribution in [-0.2, 0) is 6.54 Å². The first-order valence-corrected chi connectivity index (χ1v) is 6.96. The van der Waals surface area contributed by atoms with Crippen LogP contribution in [0.25, 0.3) is 0 Å². The molecule has 6 nitrogen and oxygen atoms in total. The fourth-order valence-electron chi connectivity index (χ4n) is 2.07. The number of hydrogen-bond acceptors (Lipinski definition) is 5. The first-order chi connectivity index (χ1) is 9.62. The Bertz CT molecular complexity index is 438. The van der Waals surface area contributed by atoms with Gasteiger partial charge in [-0.3, -0.25) is 15.0 Å². The van der Waals surface area contributed by atoms with E-state index in [1.807, 2.05) is 13.0 Å². The zero-order chi connectivity index (χ0) is 15.0. The van der Waals surface area contributed by atoms with E-state index in [0.717, 1.165) is 31.6 Å². The summed E-state index contributed by atoms with van der Waals surface area (Å²) >= 11 is 0. The highest BCUT2D eigenvalue weighted by atomic mass is 16.6. The first kappa shape index (κ1) is 16.4. The van der Waals surface area contributed by atoms with E-state index in [1.165, 1.54) is 0 Å². The van der Waals surface area contributed by atoms with Crippen molar-refractivity contribution < 1.29 is 10.0 Å². The molecule has 0 radical (unpaired) electrons. The van der Waals surface area contributed by atoms with Gasteiger partial charge in [0.2, 0.25) is 0 Å². The average Bonchev–Trinajstić information content (AvgIpc) is 2.43. The second-order valence-electron chi connectivity index (χ2n) is 4.58. The molecule has 0 saturated carbocycles. The second-order valence-corrected chi connectivity index (χ2v) is 4.58. The van der Waals surface area contributed by atoms with Crippen molar-refractivity contribution in [3.8, 4) is 0 Å². The van der Waals surface area contributed by atoms with Crippen molar-refractivity contribution in [2.75, 3.05) is 31.6 Å². The third-order valence-electron chi connectivity index (χ3n) is 3.11. The largest absolute Gasteiger partial charge is 0.396 e. The molecule has 0 aliphatic carbocycles. The van der Waals surface area contributed by atoms with Crippen LogP contribution in [0.3, 0.4) is 0 Å². The number of anilines is 1. The molecule has 1 aromatic carbocycles. The number of nitrogens with zero attached hydrogens (tertiary/aromatic N) is 2. The van der Waals surface area contributed by atoms with Crippen molar-refractivity contribution in [2.24, 2.45) is 0 Å². The molecule has 0 unspecified atom stereocenters. The van der Waals surface area contributed by atoms with Crippen LogP contribution in [0, 0.1) is 10.1 Å². The predicted molar refractivity (Wildman–Crippen MR) is 79.9 cm³/mol. The minimum Gasteiger partial charge on any atom is -0.396 e. The zero-order valence-electron chi connectivity index (χ0n) is 12.1. The molecule has 0 amide bonds. The van der Waals surface area contributed by atoms with Crippen LogP contribution >= 0.6 is 0 Å². The molecule has 0 aliphatic heterocycles. The van der Waals surface area contributed by atoms with Gasteiger partial charge in [0, 0.05) is 32.3 Å². The summed E-state index contributed by atoms with van der Waals surface area (Å²) in [7, 11) is 0. The van der Waals surface area contributed by atoms with Crippen molar-refractivity contribution in [3.63, 3.8) is 0 Å². The normalized spacial score (nSPS) is 10.8. The molecule has 0 aromatic heterocycles. The number of benzene rings is 1. The lowest BCUT2D eigenvalue weighted by Crippen LogP contribution is -2.24. The number of aliphatic hydroxyl groups is 1. The fraction of sp³-hybridized carbons (Fsp3) is 0.571. The lowest BCUT2D eigenvalue weighted by molar-refractivity contribution is -0.384.